The summed E-state index contributed by atoms with van der Waals surface area (Å²) in [6, 6.07) is 11.0. The minimum absolute atomic E-state index is 0.0973. The molecule has 0 amide bonds. The Morgan fingerprint density at radius 2 is 1.82 bits per heavy atom. The number of likely N-dealkylation sites (N-methyl/N-ethyl adjacent to an activating group) is 1. The summed E-state index contributed by atoms with van der Waals surface area (Å²) in [6.07, 6.45) is 0.432. The summed E-state index contributed by atoms with van der Waals surface area (Å²) in [7, 11) is 0. The fraction of sp³-hybridized carbons (Fsp3) is 0.360. The Morgan fingerprint density at radius 1 is 1.12 bits per heavy atom. The molecule has 0 spiro atoms. The van der Waals surface area contributed by atoms with Crippen LogP contribution in [0.4, 0.5) is 0 Å². The van der Waals surface area contributed by atoms with Gasteiger partial charge in [0.1, 0.15) is 30.1 Å². The second-order valence-corrected chi connectivity index (χ2v) is 9.91. The normalized spacial score (nSPS) is 12.0. The van der Waals surface area contributed by atoms with E-state index in [1.807, 2.05) is 51.1 Å². The van der Waals surface area contributed by atoms with E-state index in [1.165, 1.54) is 0 Å². The van der Waals surface area contributed by atoms with Crippen molar-refractivity contribution >= 4 is 67.9 Å². The first-order valence-electron chi connectivity index (χ1n) is 10.9. The van der Waals surface area contributed by atoms with Crippen LogP contribution in [0.1, 0.15) is 48.9 Å². The molecule has 2 aromatic carbocycles. The first-order valence-corrected chi connectivity index (χ1v) is 13.1. The van der Waals surface area contributed by atoms with Gasteiger partial charge in [-0.25, -0.2) is 0 Å². The van der Waals surface area contributed by atoms with Crippen molar-refractivity contribution in [1.29, 1.82) is 0 Å². The molecule has 0 saturated heterocycles. The van der Waals surface area contributed by atoms with E-state index in [4.69, 9.17) is 13.9 Å². The molecule has 1 atom stereocenters. The van der Waals surface area contributed by atoms with Gasteiger partial charge in [0.25, 0.3) is 0 Å². The topological polar surface area (TPSA) is 77.8 Å². The summed E-state index contributed by atoms with van der Waals surface area (Å²) in [5, 5.41) is 3.91. The fourth-order valence-electron chi connectivity index (χ4n) is 3.33. The molecule has 0 aliphatic heterocycles. The van der Waals surface area contributed by atoms with E-state index < -0.39 is 5.97 Å². The van der Waals surface area contributed by atoms with Gasteiger partial charge in [-0.1, -0.05) is 32.0 Å². The van der Waals surface area contributed by atoms with Crippen molar-refractivity contribution < 1.29 is 23.5 Å². The molecule has 0 bridgehead atoms. The molecule has 6 nitrogen and oxygen atoms in total. The summed E-state index contributed by atoms with van der Waals surface area (Å²) in [5.74, 6) is 0.484. The third kappa shape index (κ3) is 6.48. The summed E-state index contributed by atoms with van der Waals surface area (Å²) in [6.45, 7) is 8.02. The minimum atomic E-state index is -0.411. The molecule has 0 unspecified atom stereocenters. The van der Waals surface area contributed by atoms with Crippen LogP contribution in [0.5, 0.6) is 5.75 Å². The molecule has 176 valence electrons. The zero-order valence-corrected chi connectivity index (χ0v) is 23.2. The Labute approximate surface area is 221 Å². The first kappa shape index (κ1) is 26.0. The number of furan rings is 1. The van der Waals surface area contributed by atoms with E-state index in [9.17, 15) is 9.59 Å². The molecule has 0 aliphatic carbocycles. The van der Waals surface area contributed by atoms with Crippen molar-refractivity contribution in [1.82, 2.24) is 5.32 Å². The maximum Gasteiger partial charge on any atom is 0.313 e. The number of carbonyl (C=O) groups is 2. The number of ether oxygens (including phenoxy) is 2. The van der Waals surface area contributed by atoms with Crippen LogP contribution < -0.4 is 10.1 Å². The molecule has 0 fully saturated rings. The second kappa shape index (κ2) is 12.2. The standard InChI is InChI=1S/C25H27I2NO5/c1-4-15(3)32-22(29)14-21-23(17-8-6-7-9-20(17)33-21)24(30)16-12-18(26)25(19(27)13-16)31-11-10-28-5-2/h6-9,12-13,15,28H,4-5,10-11,14H2,1-3H3/t15-/m1/s1. The van der Waals surface area contributed by atoms with Gasteiger partial charge >= 0.3 is 5.97 Å². The van der Waals surface area contributed by atoms with Crippen LogP contribution in [0.25, 0.3) is 11.0 Å². The molecule has 3 rings (SSSR count). The third-order valence-electron chi connectivity index (χ3n) is 5.14. The highest BCUT2D eigenvalue weighted by Crippen LogP contribution is 2.33. The highest BCUT2D eigenvalue weighted by molar-refractivity contribution is 14.1. The van der Waals surface area contributed by atoms with E-state index in [-0.39, 0.29) is 18.3 Å². The number of benzene rings is 2. The molecule has 0 aliphatic rings. The summed E-state index contributed by atoms with van der Waals surface area (Å²) >= 11 is 4.38. The maximum atomic E-state index is 13.6. The van der Waals surface area contributed by atoms with Gasteiger partial charge in [0.15, 0.2) is 5.78 Å². The van der Waals surface area contributed by atoms with Gasteiger partial charge < -0.3 is 19.2 Å². The zero-order valence-electron chi connectivity index (χ0n) is 18.9. The quantitative estimate of drug-likeness (QED) is 0.121. The van der Waals surface area contributed by atoms with Crippen LogP contribution in [-0.2, 0) is 16.0 Å². The van der Waals surface area contributed by atoms with Gasteiger partial charge in [0.05, 0.1) is 18.8 Å². The lowest BCUT2D eigenvalue weighted by molar-refractivity contribution is -0.147. The summed E-state index contributed by atoms with van der Waals surface area (Å²) in [4.78, 5) is 26.1. The molecule has 1 N–H and O–H groups in total. The highest BCUT2D eigenvalue weighted by atomic mass is 127. The Morgan fingerprint density at radius 3 is 2.48 bits per heavy atom. The molecule has 33 heavy (non-hydrogen) atoms. The van der Waals surface area contributed by atoms with Crippen molar-refractivity contribution in [2.45, 2.75) is 39.7 Å². The fourth-order valence-corrected chi connectivity index (χ4v) is 5.40. The lowest BCUT2D eigenvalue weighted by Crippen LogP contribution is -2.20. The largest absolute Gasteiger partial charge is 0.490 e. The van der Waals surface area contributed by atoms with Crippen LogP contribution in [0.15, 0.2) is 40.8 Å². The van der Waals surface area contributed by atoms with Crippen molar-refractivity contribution in [3.05, 3.63) is 60.4 Å². The molecule has 8 heteroatoms. The van der Waals surface area contributed by atoms with E-state index in [2.05, 4.69) is 50.5 Å². The molecule has 1 heterocycles. The first-order chi connectivity index (χ1) is 15.8. The molecule has 3 aromatic rings. The Balaban J connectivity index is 1.93. The average Bonchev–Trinajstić information content (AvgIpc) is 3.14. The van der Waals surface area contributed by atoms with Crippen LogP contribution in [-0.4, -0.2) is 37.6 Å². The van der Waals surface area contributed by atoms with Gasteiger partial charge in [-0.2, -0.15) is 0 Å². The Bertz CT molecular complexity index is 1120. The lowest BCUT2D eigenvalue weighted by atomic mass is 9.99. The van der Waals surface area contributed by atoms with Gasteiger partial charge in [-0.15, -0.1) is 0 Å². The Hall–Kier alpha value is -1.66. The zero-order chi connectivity index (χ0) is 24.0. The van der Waals surface area contributed by atoms with Gasteiger partial charge in [-0.05, 0) is 83.3 Å². The van der Waals surface area contributed by atoms with Crippen molar-refractivity contribution in [3.8, 4) is 5.75 Å². The number of nitrogens with one attached hydrogen (secondary N) is 1. The van der Waals surface area contributed by atoms with Crippen LogP contribution >= 0.6 is 45.2 Å². The van der Waals surface area contributed by atoms with Crippen LogP contribution in [0.2, 0.25) is 0 Å². The molecule has 1 aromatic heterocycles. The van der Waals surface area contributed by atoms with Crippen LogP contribution in [0.3, 0.4) is 0 Å². The SMILES string of the molecule is CCNCCOc1c(I)cc(C(=O)c2c(CC(=O)O[C@H](C)CC)oc3ccccc23)cc1I. The van der Waals surface area contributed by atoms with Crippen molar-refractivity contribution in [2.24, 2.45) is 0 Å². The van der Waals surface area contributed by atoms with Crippen LogP contribution in [0, 0.1) is 7.14 Å². The number of esters is 1. The van der Waals surface area contributed by atoms with Gasteiger partial charge in [-0.3, -0.25) is 9.59 Å². The van der Waals surface area contributed by atoms with Gasteiger partial charge in [0.2, 0.25) is 0 Å². The molecule has 0 saturated carbocycles. The number of halogens is 2. The molecular weight excluding hydrogens is 648 g/mol. The average molecular weight is 675 g/mol. The molecule has 0 radical (unpaired) electrons. The second-order valence-electron chi connectivity index (χ2n) is 7.58. The highest BCUT2D eigenvalue weighted by Gasteiger charge is 2.25. The number of hydrogen-bond donors (Lipinski definition) is 1. The number of hydrogen-bond acceptors (Lipinski definition) is 6. The number of para-hydroxylation sites is 1. The monoisotopic (exact) mass is 675 g/mol. The predicted molar refractivity (Wildman–Crippen MR) is 145 cm³/mol. The number of fused-ring (bicyclic) bond motifs is 1. The lowest BCUT2D eigenvalue weighted by Gasteiger charge is -2.13. The third-order valence-corrected chi connectivity index (χ3v) is 6.75. The predicted octanol–water partition coefficient (Wildman–Crippen LogP) is 5.75. The van der Waals surface area contributed by atoms with Crippen molar-refractivity contribution in [2.75, 3.05) is 19.7 Å². The Kier molecular flexibility index (Phi) is 9.57. The van der Waals surface area contributed by atoms with E-state index in [1.54, 1.807) is 6.07 Å². The molecular formula is C25H27I2NO5. The van der Waals surface area contributed by atoms with E-state index in [0.29, 0.717) is 34.5 Å². The number of carbonyl (C=O) groups excluding carboxylic acids is 2. The van der Waals surface area contributed by atoms with E-state index >= 15 is 0 Å². The van der Waals surface area contributed by atoms with Crippen molar-refractivity contribution in [3.63, 3.8) is 0 Å². The minimum Gasteiger partial charge on any atom is -0.490 e. The summed E-state index contributed by atoms with van der Waals surface area (Å²) < 4.78 is 19.0. The maximum absolute atomic E-state index is 13.6. The summed E-state index contributed by atoms with van der Waals surface area (Å²) in [5.41, 5.74) is 1.49. The van der Waals surface area contributed by atoms with Gasteiger partial charge in [0, 0.05) is 17.5 Å². The number of rotatable bonds is 11. The smallest absolute Gasteiger partial charge is 0.313 e. The van der Waals surface area contributed by atoms with E-state index in [0.717, 1.165) is 32.4 Å². The number of ketones is 1.